The molecule has 28 heavy (non-hydrogen) atoms. The van der Waals surface area contributed by atoms with Crippen molar-refractivity contribution in [3.8, 4) is 5.69 Å². The fourth-order valence-corrected chi connectivity index (χ4v) is 4.13. The predicted molar refractivity (Wildman–Crippen MR) is 103 cm³/mol. The van der Waals surface area contributed by atoms with E-state index in [1.807, 2.05) is 19.1 Å². The largest absolute Gasteiger partial charge is 0.325 e. The zero-order valence-electron chi connectivity index (χ0n) is 15.7. The van der Waals surface area contributed by atoms with Gasteiger partial charge in [-0.05, 0) is 43.0 Å². The molecule has 2 fully saturated rings. The van der Waals surface area contributed by atoms with Gasteiger partial charge in [-0.3, -0.25) is 14.5 Å². The van der Waals surface area contributed by atoms with Crippen LogP contribution in [0.15, 0.2) is 42.7 Å². The van der Waals surface area contributed by atoms with Gasteiger partial charge in [0.1, 0.15) is 12.1 Å². The molecule has 0 radical (unpaired) electrons. The van der Waals surface area contributed by atoms with Gasteiger partial charge in [0.25, 0.3) is 5.91 Å². The van der Waals surface area contributed by atoms with Crippen molar-refractivity contribution in [1.82, 2.24) is 20.0 Å². The van der Waals surface area contributed by atoms with Gasteiger partial charge in [0.2, 0.25) is 5.91 Å². The molecule has 1 spiro atoms. The van der Waals surface area contributed by atoms with Crippen LogP contribution in [0.3, 0.4) is 0 Å². The molecule has 4 amide bonds. The molecule has 1 aromatic carbocycles. The van der Waals surface area contributed by atoms with Gasteiger partial charge in [0.05, 0.1) is 5.69 Å². The molecule has 2 heterocycles. The van der Waals surface area contributed by atoms with Crippen LogP contribution in [0.5, 0.6) is 0 Å². The van der Waals surface area contributed by atoms with Gasteiger partial charge in [0, 0.05) is 18.1 Å². The van der Waals surface area contributed by atoms with Crippen LogP contribution >= 0.6 is 0 Å². The van der Waals surface area contributed by atoms with Crippen molar-refractivity contribution in [2.45, 2.75) is 38.1 Å². The summed E-state index contributed by atoms with van der Waals surface area (Å²) in [6.07, 6.45) is 6.95. The lowest BCUT2D eigenvalue weighted by molar-refractivity contribution is -0.136. The standard InChI is InChI=1S/C20H23N5O3/c1-14-6-2-3-9-20(14)18(27)24(19(28)23-20)13-17(26)22-15-7-4-8-16(12-15)25-11-5-10-21-25/h4-5,7-8,10-12,14H,2-3,6,9,13H2,1H3,(H,22,26)(H,23,28). The molecular formula is C20H23N5O3. The first-order chi connectivity index (χ1) is 13.5. The average Bonchev–Trinajstić information content (AvgIpc) is 3.29. The number of hydrogen-bond acceptors (Lipinski definition) is 4. The Labute approximate surface area is 162 Å². The first kappa shape index (κ1) is 18.2. The van der Waals surface area contributed by atoms with Gasteiger partial charge in [-0.1, -0.05) is 25.8 Å². The highest BCUT2D eigenvalue weighted by molar-refractivity contribution is 6.10. The highest BCUT2D eigenvalue weighted by Crippen LogP contribution is 2.38. The molecule has 1 saturated carbocycles. The molecule has 1 saturated heterocycles. The minimum Gasteiger partial charge on any atom is -0.324 e. The SMILES string of the molecule is CC1CCCCC12NC(=O)N(CC(=O)Nc1cccc(-n3cccn3)c1)C2=O. The number of benzene rings is 1. The Balaban J connectivity index is 1.45. The van der Waals surface area contributed by atoms with Crippen molar-refractivity contribution < 1.29 is 14.4 Å². The molecule has 4 rings (SSSR count). The summed E-state index contributed by atoms with van der Waals surface area (Å²) in [7, 11) is 0. The van der Waals surface area contributed by atoms with E-state index in [1.165, 1.54) is 0 Å². The molecule has 8 heteroatoms. The van der Waals surface area contributed by atoms with Crippen molar-refractivity contribution in [1.29, 1.82) is 0 Å². The lowest BCUT2D eigenvalue weighted by atomic mass is 9.73. The number of urea groups is 1. The Hall–Kier alpha value is -3.16. The number of hydrogen-bond donors (Lipinski definition) is 2. The minimum atomic E-state index is -0.852. The summed E-state index contributed by atoms with van der Waals surface area (Å²) in [6.45, 7) is 1.69. The van der Waals surface area contributed by atoms with Crippen LogP contribution in [-0.2, 0) is 9.59 Å². The summed E-state index contributed by atoms with van der Waals surface area (Å²) in [5.41, 5.74) is 0.522. The van der Waals surface area contributed by atoms with Gasteiger partial charge in [-0.25, -0.2) is 9.48 Å². The molecule has 146 valence electrons. The summed E-state index contributed by atoms with van der Waals surface area (Å²) >= 11 is 0. The summed E-state index contributed by atoms with van der Waals surface area (Å²) in [5, 5.41) is 9.79. The first-order valence-corrected chi connectivity index (χ1v) is 9.54. The van der Waals surface area contributed by atoms with E-state index in [-0.39, 0.29) is 18.4 Å². The number of nitrogens with one attached hydrogen (secondary N) is 2. The normalized spacial score (nSPS) is 24.5. The molecule has 2 atom stereocenters. The highest BCUT2D eigenvalue weighted by atomic mass is 16.2. The second-order valence-corrected chi connectivity index (χ2v) is 7.49. The Morgan fingerprint density at radius 3 is 2.93 bits per heavy atom. The number of rotatable bonds is 4. The fraction of sp³-hybridized carbons (Fsp3) is 0.400. The predicted octanol–water partition coefficient (Wildman–Crippen LogP) is 2.31. The lowest BCUT2D eigenvalue weighted by Crippen LogP contribution is -2.54. The third-order valence-electron chi connectivity index (χ3n) is 5.70. The van der Waals surface area contributed by atoms with Crippen LogP contribution in [0.4, 0.5) is 10.5 Å². The van der Waals surface area contributed by atoms with Gasteiger partial charge >= 0.3 is 6.03 Å². The lowest BCUT2D eigenvalue weighted by Gasteiger charge is -2.36. The van der Waals surface area contributed by atoms with Crippen LogP contribution in [0.2, 0.25) is 0 Å². The maximum absolute atomic E-state index is 13.0. The van der Waals surface area contributed by atoms with E-state index in [9.17, 15) is 14.4 Å². The number of anilines is 1. The molecule has 1 aliphatic carbocycles. The highest BCUT2D eigenvalue weighted by Gasteiger charge is 2.55. The fourth-order valence-electron chi connectivity index (χ4n) is 4.13. The number of nitrogens with zero attached hydrogens (tertiary/aromatic N) is 3. The Morgan fingerprint density at radius 1 is 1.32 bits per heavy atom. The van der Waals surface area contributed by atoms with Crippen LogP contribution in [0, 0.1) is 5.92 Å². The Kier molecular flexibility index (Phi) is 4.62. The number of aromatic nitrogens is 2. The van der Waals surface area contributed by atoms with Gasteiger partial charge in [-0.2, -0.15) is 5.10 Å². The number of carbonyl (C=O) groups is 3. The smallest absolute Gasteiger partial charge is 0.324 e. The third kappa shape index (κ3) is 3.15. The molecule has 1 aromatic heterocycles. The molecule has 0 bridgehead atoms. The number of imide groups is 1. The van der Waals surface area contributed by atoms with E-state index in [0.29, 0.717) is 12.1 Å². The first-order valence-electron chi connectivity index (χ1n) is 9.54. The van der Waals surface area contributed by atoms with Gasteiger partial charge < -0.3 is 10.6 Å². The van der Waals surface area contributed by atoms with E-state index < -0.39 is 17.5 Å². The monoisotopic (exact) mass is 381 g/mol. The van der Waals surface area contributed by atoms with Crippen LogP contribution in [0.25, 0.3) is 5.69 Å². The summed E-state index contributed by atoms with van der Waals surface area (Å²) in [4.78, 5) is 38.9. The summed E-state index contributed by atoms with van der Waals surface area (Å²) in [6, 6.07) is 8.53. The molecule has 1 aliphatic heterocycles. The molecule has 2 N–H and O–H groups in total. The average molecular weight is 381 g/mol. The van der Waals surface area contributed by atoms with Gasteiger partial charge in [-0.15, -0.1) is 0 Å². The third-order valence-corrected chi connectivity index (χ3v) is 5.70. The van der Waals surface area contributed by atoms with E-state index in [2.05, 4.69) is 15.7 Å². The maximum Gasteiger partial charge on any atom is 0.325 e. The second-order valence-electron chi connectivity index (χ2n) is 7.49. The minimum absolute atomic E-state index is 0.0662. The van der Waals surface area contributed by atoms with Crippen LogP contribution in [-0.4, -0.2) is 44.6 Å². The Bertz CT molecular complexity index is 910. The van der Waals surface area contributed by atoms with Crippen molar-refractivity contribution in [3.05, 3.63) is 42.7 Å². The zero-order valence-corrected chi connectivity index (χ0v) is 15.7. The van der Waals surface area contributed by atoms with E-state index in [1.54, 1.807) is 35.3 Å². The molecule has 8 nitrogen and oxygen atoms in total. The quantitative estimate of drug-likeness (QED) is 0.795. The van der Waals surface area contributed by atoms with E-state index in [4.69, 9.17) is 0 Å². The van der Waals surface area contributed by atoms with Crippen molar-refractivity contribution in [3.63, 3.8) is 0 Å². The Morgan fingerprint density at radius 2 is 2.18 bits per heavy atom. The summed E-state index contributed by atoms with van der Waals surface area (Å²) < 4.78 is 1.68. The molecule has 2 unspecified atom stereocenters. The topological polar surface area (TPSA) is 96.3 Å². The molecular weight excluding hydrogens is 358 g/mol. The van der Waals surface area contributed by atoms with Crippen molar-refractivity contribution in [2.75, 3.05) is 11.9 Å². The number of amides is 4. The van der Waals surface area contributed by atoms with Crippen molar-refractivity contribution >= 4 is 23.5 Å². The molecule has 2 aromatic rings. The maximum atomic E-state index is 13.0. The van der Waals surface area contributed by atoms with Crippen molar-refractivity contribution in [2.24, 2.45) is 5.92 Å². The van der Waals surface area contributed by atoms with Gasteiger partial charge in [0.15, 0.2) is 0 Å². The summed E-state index contributed by atoms with van der Waals surface area (Å²) in [5.74, 6) is -0.636. The second kappa shape index (κ2) is 7.10. The molecule has 2 aliphatic rings. The van der Waals surface area contributed by atoms with E-state index in [0.717, 1.165) is 29.8 Å². The van der Waals surface area contributed by atoms with E-state index >= 15 is 0 Å². The number of carbonyl (C=O) groups excluding carboxylic acids is 3. The van der Waals surface area contributed by atoms with Crippen LogP contribution in [0.1, 0.15) is 32.6 Å². The zero-order chi connectivity index (χ0) is 19.7. The van der Waals surface area contributed by atoms with Crippen LogP contribution < -0.4 is 10.6 Å².